The first-order chi connectivity index (χ1) is 8.87. The van der Waals surface area contributed by atoms with Crippen molar-refractivity contribution in [3.8, 4) is 0 Å². The molecule has 0 saturated carbocycles. The van der Waals surface area contributed by atoms with E-state index in [4.69, 9.17) is 11.6 Å². The van der Waals surface area contributed by atoms with Gasteiger partial charge in [0.25, 0.3) is 0 Å². The van der Waals surface area contributed by atoms with Crippen molar-refractivity contribution in [1.82, 2.24) is 4.31 Å². The summed E-state index contributed by atoms with van der Waals surface area (Å²) in [5.41, 5.74) is 0. The molecule has 0 radical (unpaired) electrons. The summed E-state index contributed by atoms with van der Waals surface area (Å²) in [5.74, 6) is 0.675. The normalized spacial score (nSPS) is 21.4. The van der Waals surface area contributed by atoms with Gasteiger partial charge in [-0.15, -0.1) is 22.9 Å². The number of halogens is 2. The molecule has 1 saturated heterocycles. The van der Waals surface area contributed by atoms with Crippen LogP contribution in [0.5, 0.6) is 0 Å². The van der Waals surface area contributed by atoms with Gasteiger partial charge in [-0.1, -0.05) is 13.8 Å². The van der Waals surface area contributed by atoms with E-state index in [-0.39, 0.29) is 6.04 Å². The van der Waals surface area contributed by atoms with Crippen LogP contribution in [0.1, 0.15) is 31.6 Å². The Kier molecular flexibility index (Phi) is 4.99. The molecule has 0 N–H and O–H groups in total. The highest BCUT2D eigenvalue weighted by Crippen LogP contribution is 2.37. The molecular weight excluding hydrogens is 370 g/mol. The second-order valence-electron chi connectivity index (χ2n) is 5.05. The summed E-state index contributed by atoms with van der Waals surface area (Å²) in [6, 6.07) is 1.79. The molecule has 19 heavy (non-hydrogen) atoms. The molecule has 1 atom stereocenters. The second-order valence-corrected chi connectivity index (χ2v) is 9.63. The van der Waals surface area contributed by atoms with Crippen molar-refractivity contribution in [1.29, 1.82) is 0 Å². The van der Waals surface area contributed by atoms with Crippen LogP contribution >= 0.6 is 38.9 Å². The van der Waals surface area contributed by atoms with Crippen molar-refractivity contribution in [2.75, 3.05) is 6.54 Å². The Hall–Kier alpha value is 0.380. The number of sulfonamides is 1. The number of hydrogen-bond acceptors (Lipinski definition) is 3. The van der Waals surface area contributed by atoms with Crippen molar-refractivity contribution in [2.45, 2.75) is 43.5 Å². The summed E-state index contributed by atoms with van der Waals surface area (Å²) in [4.78, 5) is 1.23. The van der Waals surface area contributed by atoms with Crippen LogP contribution in [0.3, 0.4) is 0 Å². The molecule has 1 fully saturated rings. The summed E-state index contributed by atoms with van der Waals surface area (Å²) < 4.78 is 27.8. The molecule has 3 nitrogen and oxygen atoms in total. The Bertz CT molecular complexity index is 556. The van der Waals surface area contributed by atoms with Crippen molar-refractivity contribution >= 4 is 48.9 Å². The second kappa shape index (κ2) is 6.02. The van der Waals surface area contributed by atoms with Gasteiger partial charge in [0.2, 0.25) is 10.0 Å². The van der Waals surface area contributed by atoms with Gasteiger partial charge < -0.3 is 0 Å². The largest absolute Gasteiger partial charge is 0.245 e. The maximum atomic E-state index is 12.8. The molecule has 7 heteroatoms. The molecule has 0 bridgehead atoms. The van der Waals surface area contributed by atoms with Crippen LogP contribution in [0.25, 0.3) is 0 Å². The Labute approximate surface area is 132 Å². The minimum Gasteiger partial charge on any atom is -0.207 e. The van der Waals surface area contributed by atoms with Gasteiger partial charge >= 0.3 is 0 Å². The fraction of sp³-hybridized carbons (Fsp3) is 0.667. The number of alkyl halides is 1. The third-order valence-corrected chi connectivity index (χ3v) is 8.07. The maximum absolute atomic E-state index is 12.8. The Morgan fingerprint density at radius 1 is 1.58 bits per heavy atom. The molecule has 0 amide bonds. The molecule has 1 aromatic heterocycles. The Morgan fingerprint density at radius 3 is 2.79 bits per heavy atom. The first kappa shape index (κ1) is 15.8. The maximum Gasteiger partial charge on any atom is 0.245 e. The molecule has 0 aliphatic carbocycles. The number of hydrogen-bond donors (Lipinski definition) is 0. The Morgan fingerprint density at radius 2 is 2.26 bits per heavy atom. The van der Waals surface area contributed by atoms with E-state index in [0.29, 0.717) is 27.0 Å². The molecule has 1 unspecified atom stereocenters. The van der Waals surface area contributed by atoms with E-state index in [0.717, 1.165) is 17.7 Å². The van der Waals surface area contributed by atoms with Gasteiger partial charge in [0.1, 0.15) is 4.90 Å². The fourth-order valence-corrected chi connectivity index (χ4v) is 7.05. The molecule has 0 aromatic carbocycles. The molecule has 0 spiro atoms. The van der Waals surface area contributed by atoms with Crippen LogP contribution < -0.4 is 0 Å². The highest BCUT2D eigenvalue weighted by Gasteiger charge is 2.38. The zero-order valence-electron chi connectivity index (χ0n) is 10.9. The van der Waals surface area contributed by atoms with E-state index in [1.165, 1.54) is 11.3 Å². The van der Waals surface area contributed by atoms with E-state index < -0.39 is 10.0 Å². The molecule has 1 aliphatic rings. The van der Waals surface area contributed by atoms with Crippen LogP contribution in [-0.4, -0.2) is 25.3 Å². The van der Waals surface area contributed by atoms with Gasteiger partial charge in [0.15, 0.2) is 0 Å². The molecule has 1 aromatic rings. The summed E-state index contributed by atoms with van der Waals surface area (Å²) in [6.07, 6.45) is 1.88. The van der Waals surface area contributed by atoms with E-state index in [1.54, 1.807) is 10.4 Å². The lowest BCUT2D eigenvalue weighted by Gasteiger charge is -2.26. The quantitative estimate of drug-likeness (QED) is 0.732. The predicted molar refractivity (Wildman–Crippen MR) is 83.3 cm³/mol. The van der Waals surface area contributed by atoms with Gasteiger partial charge in [-0.2, -0.15) is 4.31 Å². The molecule has 2 rings (SSSR count). The van der Waals surface area contributed by atoms with Crippen molar-refractivity contribution in [2.24, 2.45) is 5.92 Å². The summed E-state index contributed by atoms with van der Waals surface area (Å²) in [5, 5.41) is 0. The van der Waals surface area contributed by atoms with E-state index >= 15 is 0 Å². The third kappa shape index (κ3) is 3.02. The molecule has 1 aliphatic heterocycles. The van der Waals surface area contributed by atoms with Crippen LogP contribution in [0.2, 0.25) is 0 Å². The average Bonchev–Trinajstić information content (AvgIpc) is 2.94. The van der Waals surface area contributed by atoms with E-state index in [1.807, 2.05) is 0 Å². The van der Waals surface area contributed by atoms with Crippen LogP contribution in [0.4, 0.5) is 0 Å². The molecule has 2 heterocycles. The first-order valence-corrected chi connectivity index (χ1v) is 9.82. The van der Waals surface area contributed by atoms with Gasteiger partial charge in [-0.25, -0.2) is 8.42 Å². The highest BCUT2D eigenvalue weighted by atomic mass is 79.9. The minimum atomic E-state index is -3.41. The fourth-order valence-electron chi connectivity index (χ4n) is 2.50. The summed E-state index contributed by atoms with van der Waals surface area (Å²) in [7, 11) is -3.41. The van der Waals surface area contributed by atoms with Gasteiger partial charge in [0.05, 0.1) is 9.67 Å². The lowest BCUT2D eigenvalue weighted by molar-refractivity contribution is 0.315. The van der Waals surface area contributed by atoms with Crippen molar-refractivity contribution < 1.29 is 8.42 Å². The third-order valence-electron chi connectivity index (χ3n) is 3.44. The van der Waals surface area contributed by atoms with Gasteiger partial charge in [-0.05, 0) is 40.8 Å². The van der Waals surface area contributed by atoms with Crippen molar-refractivity contribution in [3.05, 3.63) is 14.7 Å². The zero-order valence-corrected chi connectivity index (χ0v) is 14.9. The van der Waals surface area contributed by atoms with E-state index in [9.17, 15) is 8.42 Å². The number of thiophene rings is 1. The standard InChI is InChI=1S/C12H17BrClNO2S2/c1-8(2)10-4-3-5-15(10)19(16,17)11-6-9(7-14)18-12(11)13/h6,8,10H,3-5,7H2,1-2H3. The van der Waals surface area contributed by atoms with Crippen LogP contribution in [0.15, 0.2) is 14.7 Å². The highest BCUT2D eigenvalue weighted by molar-refractivity contribution is 9.11. The minimum absolute atomic E-state index is 0.108. The summed E-state index contributed by atoms with van der Waals surface area (Å²) in [6.45, 7) is 4.76. The lowest BCUT2D eigenvalue weighted by atomic mass is 10.0. The van der Waals surface area contributed by atoms with Gasteiger partial charge in [0, 0.05) is 17.5 Å². The zero-order chi connectivity index (χ0) is 14.2. The molecule has 108 valence electrons. The van der Waals surface area contributed by atoms with Crippen molar-refractivity contribution in [3.63, 3.8) is 0 Å². The monoisotopic (exact) mass is 385 g/mol. The summed E-state index contributed by atoms with van der Waals surface area (Å²) >= 11 is 10.5. The first-order valence-electron chi connectivity index (χ1n) is 6.24. The smallest absolute Gasteiger partial charge is 0.207 e. The predicted octanol–water partition coefficient (Wildman–Crippen LogP) is 4.06. The van der Waals surface area contributed by atoms with Gasteiger partial charge in [-0.3, -0.25) is 0 Å². The van der Waals surface area contributed by atoms with Crippen LogP contribution in [0, 0.1) is 5.92 Å². The average molecular weight is 387 g/mol. The Balaban J connectivity index is 2.39. The molecular formula is C12H17BrClNO2S2. The van der Waals surface area contributed by atoms with E-state index in [2.05, 4.69) is 29.8 Å². The number of rotatable bonds is 4. The van der Waals surface area contributed by atoms with Crippen LogP contribution in [-0.2, 0) is 15.9 Å². The lowest BCUT2D eigenvalue weighted by Crippen LogP contribution is -2.38. The topological polar surface area (TPSA) is 37.4 Å². The SMILES string of the molecule is CC(C)C1CCCN1S(=O)(=O)c1cc(CCl)sc1Br. The number of nitrogens with zero attached hydrogens (tertiary/aromatic N) is 1.